The largest absolute Gasteiger partial charge is 0.335 e. The number of rotatable bonds is 9. The van der Waals surface area contributed by atoms with Gasteiger partial charge in [0.15, 0.2) is 9.50 Å². The molecule has 1 aromatic carbocycles. The van der Waals surface area contributed by atoms with Crippen LogP contribution in [-0.2, 0) is 17.1 Å². The zero-order valence-corrected chi connectivity index (χ0v) is 20.3. The van der Waals surface area contributed by atoms with Crippen molar-refractivity contribution in [1.29, 1.82) is 0 Å². The summed E-state index contributed by atoms with van der Waals surface area (Å²) in [6.45, 7) is 2.81. The maximum Gasteiger partial charge on any atom is 0.321 e. The number of carbonyl (C=O) groups excluding carboxylic acids is 2. The molecule has 1 fully saturated rings. The van der Waals surface area contributed by atoms with Crippen LogP contribution in [0.1, 0.15) is 44.9 Å². The third-order valence-electron chi connectivity index (χ3n) is 5.21. The molecule has 0 radical (unpaired) electrons. The van der Waals surface area contributed by atoms with Crippen LogP contribution in [0, 0.1) is 0 Å². The Hall–Kier alpha value is -2.11. The predicted octanol–water partition coefficient (Wildman–Crippen LogP) is 4.45. The smallest absolute Gasteiger partial charge is 0.321 e. The minimum absolute atomic E-state index is 0.194. The van der Waals surface area contributed by atoms with E-state index in [9.17, 15) is 9.59 Å². The normalized spacial score (nSPS) is 14.2. The molecule has 0 spiro atoms. The van der Waals surface area contributed by atoms with Gasteiger partial charge in [0.05, 0.1) is 16.0 Å². The second-order valence-electron chi connectivity index (χ2n) is 7.48. The Balaban J connectivity index is 1.24. The summed E-state index contributed by atoms with van der Waals surface area (Å²) in [5.74, 6) is 1.83. The number of imide groups is 1. The van der Waals surface area contributed by atoms with Crippen LogP contribution in [0.15, 0.2) is 33.8 Å². The summed E-state index contributed by atoms with van der Waals surface area (Å²) < 4.78 is 4.26. The molecule has 32 heavy (non-hydrogen) atoms. The third-order valence-corrected chi connectivity index (χ3v) is 8.36. The van der Waals surface area contributed by atoms with Crippen LogP contribution < -0.4 is 10.6 Å². The van der Waals surface area contributed by atoms with E-state index in [4.69, 9.17) is 0 Å². The third kappa shape index (κ3) is 6.02. The second-order valence-corrected chi connectivity index (χ2v) is 10.8. The van der Waals surface area contributed by atoms with E-state index in [1.54, 1.807) is 23.1 Å². The topological polar surface area (TPSA) is 102 Å². The highest BCUT2D eigenvalue weighted by molar-refractivity contribution is 8.00. The highest BCUT2D eigenvalue weighted by atomic mass is 32.2. The molecule has 2 N–H and O–H groups in total. The average Bonchev–Trinajstić information content (AvgIpc) is 3.51. The van der Waals surface area contributed by atoms with Gasteiger partial charge in [0.1, 0.15) is 5.82 Å². The molecule has 170 valence electrons. The van der Waals surface area contributed by atoms with Gasteiger partial charge >= 0.3 is 6.03 Å². The summed E-state index contributed by atoms with van der Waals surface area (Å²) in [5, 5.41) is 14.7. The lowest BCUT2D eigenvalue weighted by atomic mass is 10.2. The fourth-order valence-corrected chi connectivity index (χ4v) is 6.57. The lowest BCUT2D eigenvalue weighted by Gasteiger charge is -2.12. The van der Waals surface area contributed by atoms with Gasteiger partial charge in [0.25, 0.3) is 0 Å². The maximum absolute atomic E-state index is 12.1. The molecular weight excluding hydrogens is 464 g/mol. The van der Waals surface area contributed by atoms with Crippen molar-refractivity contribution in [2.24, 2.45) is 0 Å². The van der Waals surface area contributed by atoms with Crippen LogP contribution in [0.2, 0.25) is 0 Å². The first kappa shape index (κ1) is 23.1. The zero-order valence-electron chi connectivity index (χ0n) is 17.9. The number of aromatic nitrogens is 4. The van der Waals surface area contributed by atoms with E-state index in [0.29, 0.717) is 11.5 Å². The number of hydrogen-bond acceptors (Lipinski definition) is 8. The molecule has 0 aliphatic heterocycles. The standard InChI is InChI=1S/C21H26N6O2S3/c1-2-27-17(13-31-21-23-15-9-5-6-10-16(15)32-21)25-26-20(27)30-12-11-18(28)24-19(29)22-14-7-3-4-8-14/h5-6,9-10,14H,2-4,7-8,11-13H2,1H3,(H2,22,24,28,29). The molecule has 8 nitrogen and oxygen atoms in total. The number of thiazole rings is 1. The van der Waals surface area contributed by atoms with E-state index in [-0.39, 0.29) is 18.4 Å². The molecule has 4 rings (SSSR count). The Morgan fingerprint density at radius 1 is 1.19 bits per heavy atom. The summed E-state index contributed by atoms with van der Waals surface area (Å²) in [6.07, 6.45) is 4.49. The minimum atomic E-state index is -0.391. The van der Waals surface area contributed by atoms with E-state index in [2.05, 4.69) is 43.4 Å². The molecule has 3 amide bonds. The van der Waals surface area contributed by atoms with Gasteiger partial charge in [-0.3, -0.25) is 10.1 Å². The summed E-state index contributed by atoms with van der Waals surface area (Å²) >= 11 is 4.82. The van der Waals surface area contributed by atoms with Crippen LogP contribution in [0.25, 0.3) is 10.2 Å². The van der Waals surface area contributed by atoms with Crippen molar-refractivity contribution in [3.8, 4) is 0 Å². The van der Waals surface area contributed by atoms with Crippen LogP contribution in [0.4, 0.5) is 4.79 Å². The van der Waals surface area contributed by atoms with Gasteiger partial charge in [-0.25, -0.2) is 9.78 Å². The van der Waals surface area contributed by atoms with Gasteiger partial charge in [0, 0.05) is 24.8 Å². The average molecular weight is 491 g/mol. The van der Waals surface area contributed by atoms with Gasteiger partial charge in [-0.05, 0) is 31.9 Å². The molecule has 1 saturated carbocycles. The quantitative estimate of drug-likeness (QED) is 0.427. The second kappa shape index (κ2) is 11.2. The summed E-state index contributed by atoms with van der Waals surface area (Å²) in [5.41, 5.74) is 1.02. The molecule has 1 aliphatic carbocycles. The van der Waals surface area contributed by atoms with Gasteiger partial charge in [0.2, 0.25) is 5.91 Å². The lowest BCUT2D eigenvalue weighted by Crippen LogP contribution is -2.43. The number of urea groups is 1. The monoisotopic (exact) mass is 490 g/mol. The van der Waals surface area contributed by atoms with Gasteiger partial charge in [-0.2, -0.15) is 0 Å². The van der Waals surface area contributed by atoms with E-state index in [0.717, 1.165) is 53.1 Å². The molecule has 2 aromatic heterocycles. The number of hydrogen-bond donors (Lipinski definition) is 2. The van der Waals surface area contributed by atoms with E-state index in [1.807, 2.05) is 18.2 Å². The fourth-order valence-electron chi connectivity index (χ4n) is 3.61. The Labute approximate surface area is 199 Å². The summed E-state index contributed by atoms with van der Waals surface area (Å²) in [7, 11) is 0. The first-order chi connectivity index (χ1) is 15.6. The van der Waals surface area contributed by atoms with Crippen molar-refractivity contribution >= 4 is 57.0 Å². The number of para-hydroxylation sites is 1. The molecule has 0 bridgehead atoms. The van der Waals surface area contributed by atoms with Gasteiger partial charge < -0.3 is 9.88 Å². The van der Waals surface area contributed by atoms with Crippen LogP contribution in [0.3, 0.4) is 0 Å². The number of nitrogens with one attached hydrogen (secondary N) is 2. The number of nitrogens with zero attached hydrogens (tertiary/aromatic N) is 4. The van der Waals surface area contributed by atoms with Crippen LogP contribution in [-0.4, -0.2) is 43.5 Å². The van der Waals surface area contributed by atoms with E-state index >= 15 is 0 Å². The fraction of sp³-hybridized carbons (Fsp3) is 0.476. The molecule has 0 unspecified atom stereocenters. The van der Waals surface area contributed by atoms with Crippen molar-refractivity contribution in [3.63, 3.8) is 0 Å². The number of thioether (sulfide) groups is 2. The molecule has 0 atom stereocenters. The first-order valence-corrected chi connectivity index (χ1v) is 13.5. The number of fused-ring (bicyclic) bond motifs is 1. The number of amides is 3. The van der Waals surface area contributed by atoms with Crippen molar-refractivity contribution < 1.29 is 9.59 Å². The highest BCUT2D eigenvalue weighted by Gasteiger charge is 2.18. The Morgan fingerprint density at radius 3 is 2.78 bits per heavy atom. The zero-order chi connectivity index (χ0) is 22.3. The van der Waals surface area contributed by atoms with Crippen molar-refractivity contribution in [2.75, 3.05) is 5.75 Å². The van der Waals surface area contributed by atoms with E-state index < -0.39 is 6.03 Å². The minimum Gasteiger partial charge on any atom is -0.335 e. The molecule has 1 aliphatic rings. The molecule has 2 heterocycles. The van der Waals surface area contributed by atoms with Crippen molar-refractivity contribution in [3.05, 3.63) is 30.1 Å². The number of benzene rings is 1. The van der Waals surface area contributed by atoms with E-state index in [1.165, 1.54) is 16.5 Å². The SMILES string of the molecule is CCn1c(CSc2nc3ccccc3s2)nnc1SCCC(=O)NC(=O)NC1CCCC1. The molecule has 0 saturated heterocycles. The first-order valence-electron chi connectivity index (χ1n) is 10.8. The Morgan fingerprint density at radius 2 is 2.00 bits per heavy atom. The highest BCUT2D eigenvalue weighted by Crippen LogP contribution is 2.31. The van der Waals surface area contributed by atoms with Crippen LogP contribution >= 0.6 is 34.9 Å². The van der Waals surface area contributed by atoms with Crippen molar-refractivity contribution in [2.45, 2.75) is 66.9 Å². The Bertz CT molecular complexity index is 1040. The molecular formula is C21H26N6O2S3. The van der Waals surface area contributed by atoms with Crippen molar-refractivity contribution in [1.82, 2.24) is 30.4 Å². The molecule has 11 heteroatoms. The van der Waals surface area contributed by atoms with Gasteiger partial charge in [-0.1, -0.05) is 48.5 Å². The summed E-state index contributed by atoms with van der Waals surface area (Å²) in [6, 6.07) is 7.92. The Kier molecular flexibility index (Phi) is 8.04. The van der Waals surface area contributed by atoms with Gasteiger partial charge in [-0.15, -0.1) is 21.5 Å². The number of carbonyl (C=O) groups is 2. The summed E-state index contributed by atoms with van der Waals surface area (Å²) in [4.78, 5) is 28.6. The molecule has 3 aromatic rings. The predicted molar refractivity (Wildman–Crippen MR) is 129 cm³/mol. The lowest BCUT2D eigenvalue weighted by molar-refractivity contribution is -0.119. The van der Waals surface area contributed by atoms with Crippen LogP contribution in [0.5, 0.6) is 0 Å². The maximum atomic E-state index is 12.1.